The molecule has 2 rings (SSSR count). The molecule has 0 saturated heterocycles. The molecule has 2 aromatic rings. The molecule has 1 aromatic heterocycles. The van der Waals surface area contributed by atoms with Gasteiger partial charge in [-0.25, -0.2) is 4.68 Å². The minimum absolute atomic E-state index is 0.758. The predicted octanol–water partition coefficient (Wildman–Crippen LogP) is 5.49. The van der Waals surface area contributed by atoms with Gasteiger partial charge in [0.05, 0.1) is 26.0 Å². The van der Waals surface area contributed by atoms with E-state index >= 15 is 0 Å². The van der Waals surface area contributed by atoms with Crippen LogP contribution in [0.1, 0.15) is 50.6 Å². The van der Waals surface area contributed by atoms with Crippen molar-refractivity contribution in [2.75, 3.05) is 0 Å². The van der Waals surface area contributed by atoms with E-state index < -0.39 is 8.07 Å². The number of unbranched alkanes of at least 4 members (excludes halogenated alkanes) is 1. The van der Waals surface area contributed by atoms with E-state index in [0.717, 1.165) is 25.1 Å². The van der Waals surface area contributed by atoms with Gasteiger partial charge in [-0.1, -0.05) is 68.5 Å². The van der Waals surface area contributed by atoms with Crippen molar-refractivity contribution >= 4 is 13.3 Å². The van der Waals surface area contributed by atoms with E-state index in [9.17, 15) is 0 Å². The van der Waals surface area contributed by atoms with Crippen LogP contribution in [0.15, 0.2) is 41.6 Å². The number of nitrogens with zero attached hydrogens (tertiary/aromatic N) is 3. The lowest BCUT2D eigenvalue weighted by molar-refractivity contribution is 0.643. The van der Waals surface area contributed by atoms with Crippen LogP contribution in [-0.2, 0) is 13.0 Å². The predicted molar refractivity (Wildman–Crippen MR) is 109 cm³/mol. The highest BCUT2D eigenvalue weighted by atomic mass is 28.3. The normalized spacial score (nSPS) is 11.3. The summed E-state index contributed by atoms with van der Waals surface area (Å²) in [6.07, 6.45) is 3.30. The van der Waals surface area contributed by atoms with Crippen LogP contribution in [0.4, 0.5) is 0 Å². The van der Waals surface area contributed by atoms with E-state index in [1.165, 1.54) is 28.4 Å². The molecule has 0 atom stereocenters. The fourth-order valence-electron chi connectivity index (χ4n) is 2.85. The van der Waals surface area contributed by atoms with Crippen molar-refractivity contribution in [3.8, 4) is 0 Å². The van der Waals surface area contributed by atoms with Crippen LogP contribution in [0, 0.1) is 0 Å². The Morgan fingerprint density at radius 1 is 1.12 bits per heavy atom. The molecule has 1 heterocycles. The lowest BCUT2D eigenvalue weighted by atomic mass is 10.1. The molecule has 0 bridgehead atoms. The fourth-order valence-corrected chi connectivity index (χ4v) is 4.46. The molecule has 3 nitrogen and oxygen atoms in total. The van der Waals surface area contributed by atoms with Crippen molar-refractivity contribution in [1.82, 2.24) is 15.0 Å². The Bertz CT molecular complexity index is 756. The second-order valence-corrected chi connectivity index (χ2v) is 12.9. The van der Waals surface area contributed by atoms with Gasteiger partial charge in [-0.3, -0.25) is 0 Å². The van der Waals surface area contributed by atoms with E-state index in [1.807, 2.05) is 0 Å². The van der Waals surface area contributed by atoms with Crippen molar-refractivity contribution < 1.29 is 0 Å². The van der Waals surface area contributed by atoms with Gasteiger partial charge in [0.15, 0.2) is 0 Å². The van der Waals surface area contributed by atoms with Gasteiger partial charge in [0.1, 0.15) is 0 Å². The quantitative estimate of drug-likeness (QED) is 0.486. The first kappa shape index (κ1) is 19.4. The first-order valence-electron chi connectivity index (χ1n) is 9.24. The van der Waals surface area contributed by atoms with Crippen LogP contribution < -0.4 is 0 Å². The molecule has 0 unspecified atom stereocenters. The van der Waals surface area contributed by atoms with Gasteiger partial charge in [-0.15, -0.1) is 10.8 Å². The van der Waals surface area contributed by atoms with Gasteiger partial charge in [-0.2, -0.15) is 0 Å². The molecule has 0 radical (unpaired) electrons. The Kier molecular flexibility index (Phi) is 6.57. The summed E-state index contributed by atoms with van der Waals surface area (Å²) in [6.45, 7) is 14.4. The summed E-state index contributed by atoms with van der Waals surface area (Å²) < 4.78 is 2.09. The van der Waals surface area contributed by atoms with Gasteiger partial charge in [0.25, 0.3) is 0 Å². The zero-order chi connectivity index (χ0) is 18.4. The summed E-state index contributed by atoms with van der Waals surface area (Å²) in [5, 5.41) is 10.4. The number of aromatic nitrogens is 3. The molecule has 4 heteroatoms. The van der Waals surface area contributed by atoms with Gasteiger partial charge in [-0.05, 0) is 37.8 Å². The molecular formula is C21H31N3Si. The number of rotatable bonds is 7. The SMILES string of the molecule is CCCCc1nnn(Cc2ccccc2)c1C(=C=C(C)C)[Si](C)(C)C. The van der Waals surface area contributed by atoms with E-state index in [1.54, 1.807) is 0 Å². The number of hydrogen-bond acceptors (Lipinski definition) is 2. The Hall–Kier alpha value is -1.90. The Labute approximate surface area is 153 Å². The molecule has 1 aromatic carbocycles. The Morgan fingerprint density at radius 3 is 2.36 bits per heavy atom. The molecule has 0 aliphatic carbocycles. The van der Waals surface area contributed by atoms with Crippen molar-refractivity contribution in [3.05, 3.63) is 58.6 Å². The zero-order valence-electron chi connectivity index (χ0n) is 16.6. The maximum absolute atomic E-state index is 4.56. The third kappa shape index (κ3) is 5.28. The molecule has 0 aliphatic heterocycles. The van der Waals surface area contributed by atoms with E-state index in [0.29, 0.717) is 0 Å². The summed E-state index contributed by atoms with van der Waals surface area (Å²) in [7, 11) is -1.59. The molecule has 134 valence electrons. The summed E-state index contributed by atoms with van der Waals surface area (Å²) >= 11 is 0. The first-order chi connectivity index (χ1) is 11.8. The number of hydrogen-bond donors (Lipinski definition) is 0. The molecule has 0 N–H and O–H groups in total. The molecule has 0 aliphatic rings. The summed E-state index contributed by atoms with van der Waals surface area (Å²) in [6, 6.07) is 10.5. The average molecular weight is 354 g/mol. The summed E-state index contributed by atoms with van der Waals surface area (Å²) in [5.41, 5.74) is 8.46. The van der Waals surface area contributed by atoms with Crippen molar-refractivity contribution in [3.63, 3.8) is 0 Å². The van der Waals surface area contributed by atoms with E-state index in [2.05, 4.69) is 91.5 Å². The lowest BCUT2D eigenvalue weighted by Gasteiger charge is -2.21. The molecule has 0 saturated carbocycles. The average Bonchev–Trinajstić information content (AvgIpc) is 2.92. The zero-order valence-corrected chi connectivity index (χ0v) is 17.6. The molecular weight excluding hydrogens is 322 g/mol. The minimum Gasteiger partial charge on any atom is -0.240 e. The van der Waals surface area contributed by atoms with Gasteiger partial charge in [0, 0.05) is 5.20 Å². The van der Waals surface area contributed by atoms with Crippen LogP contribution >= 0.6 is 0 Å². The highest BCUT2D eigenvalue weighted by molar-refractivity contribution is 6.93. The molecule has 0 spiro atoms. The topological polar surface area (TPSA) is 30.7 Å². The largest absolute Gasteiger partial charge is 0.240 e. The maximum Gasteiger partial charge on any atom is 0.0916 e. The second-order valence-electron chi connectivity index (χ2n) is 7.88. The molecule has 0 amide bonds. The maximum atomic E-state index is 4.56. The third-order valence-electron chi connectivity index (χ3n) is 4.11. The standard InChI is InChI=1S/C21H31N3Si/c1-7-8-14-19-21(20(15-17(2)3)25(4,5)6)24(23-22-19)16-18-12-10-9-11-13-18/h9-13H,7-8,14,16H2,1-6H3. The second kappa shape index (κ2) is 8.46. The lowest BCUT2D eigenvalue weighted by Crippen LogP contribution is -2.25. The van der Waals surface area contributed by atoms with Gasteiger partial charge >= 0.3 is 0 Å². The van der Waals surface area contributed by atoms with Crippen LogP contribution in [0.3, 0.4) is 0 Å². The molecule has 25 heavy (non-hydrogen) atoms. The van der Waals surface area contributed by atoms with E-state index in [-0.39, 0.29) is 0 Å². The van der Waals surface area contributed by atoms with Crippen molar-refractivity contribution in [2.24, 2.45) is 0 Å². The van der Waals surface area contributed by atoms with Crippen LogP contribution in [0.2, 0.25) is 19.6 Å². The summed E-state index contributed by atoms with van der Waals surface area (Å²) in [4.78, 5) is 0. The number of aryl methyl sites for hydroxylation is 1. The number of benzene rings is 1. The third-order valence-corrected chi connectivity index (χ3v) is 5.97. The van der Waals surface area contributed by atoms with E-state index in [4.69, 9.17) is 0 Å². The molecule has 0 fully saturated rings. The monoisotopic (exact) mass is 353 g/mol. The Balaban J connectivity index is 2.58. The fraction of sp³-hybridized carbons (Fsp3) is 0.476. The smallest absolute Gasteiger partial charge is 0.0916 e. The van der Waals surface area contributed by atoms with Gasteiger partial charge < -0.3 is 0 Å². The highest BCUT2D eigenvalue weighted by Gasteiger charge is 2.27. The van der Waals surface area contributed by atoms with Crippen LogP contribution in [0.5, 0.6) is 0 Å². The number of allylic oxidation sites excluding steroid dienone is 1. The van der Waals surface area contributed by atoms with Crippen molar-refractivity contribution in [1.29, 1.82) is 0 Å². The highest BCUT2D eigenvalue weighted by Crippen LogP contribution is 2.28. The van der Waals surface area contributed by atoms with Crippen molar-refractivity contribution in [2.45, 2.75) is 66.2 Å². The Morgan fingerprint density at radius 2 is 1.80 bits per heavy atom. The summed E-state index contributed by atoms with van der Waals surface area (Å²) in [5.74, 6) is 0. The van der Waals surface area contributed by atoms with Crippen LogP contribution in [-0.4, -0.2) is 23.1 Å². The minimum atomic E-state index is -1.59. The van der Waals surface area contributed by atoms with Crippen LogP contribution in [0.25, 0.3) is 5.20 Å². The van der Waals surface area contributed by atoms with Gasteiger partial charge in [0.2, 0.25) is 0 Å². The first-order valence-corrected chi connectivity index (χ1v) is 12.7.